The van der Waals surface area contributed by atoms with Gasteiger partial charge in [-0.2, -0.15) is 0 Å². The van der Waals surface area contributed by atoms with Crippen molar-refractivity contribution in [1.29, 1.82) is 0 Å². The molecule has 0 fully saturated rings. The number of nitrogens with two attached hydrogens (primary N) is 1. The van der Waals surface area contributed by atoms with Crippen molar-refractivity contribution in [3.05, 3.63) is 114 Å². The SMILES string of the molecule is NC(=O)c1cc(-c2cccnc2[C@H](Cc2cccc(F)c2)NC(=O)CN2CC(=O)Nc3ccccc32)ccc1F. The van der Waals surface area contributed by atoms with E-state index in [0.717, 1.165) is 6.07 Å². The molecule has 4 N–H and O–H groups in total. The first-order valence-electron chi connectivity index (χ1n) is 12.5. The summed E-state index contributed by atoms with van der Waals surface area (Å²) in [6.45, 7) is -0.117. The monoisotopic (exact) mass is 541 g/mol. The Bertz CT molecular complexity index is 1610. The summed E-state index contributed by atoms with van der Waals surface area (Å²) in [7, 11) is 0. The second kappa shape index (κ2) is 11.3. The van der Waals surface area contributed by atoms with Gasteiger partial charge < -0.3 is 21.3 Å². The number of hydrogen-bond donors (Lipinski definition) is 3. The Morgan fingerprint density at radius 1 is 1.02 bits per heavy atom. The minimum atomic E-state index is -0.916. The summed E-state index contributed by atoms with van der Waals surface area (Å²) in [4.78, 5) is 43.6. The largest absolute Gasteiger partial charge is 0.366 e. The van der Waals surface area contributed by atoms with E-state index in [1.54, 1.807) is 47.5 Å². The highest BCUT2D eigenvalue weighted by Gasteiger charge is 2.26. The van der Waals surface area contributed by atoms with Gasteiger partial charge in [-0.25, -0.2) is 8.78 Å². The molecule has 202 valence electrons. The fourth-order valence-electron chi connectivity index (χ4n) is 4.79. The van der Waals surface area contributed by atoms with Gasteiger partial charge in [0, 0.05) is 11.8 Å². The fourth-order valence-corrected chi connectivity index (χ4v) is 4.79. The lowest BCUT2D eigenvalue weighted by Crippen LogP contribution is -2.45. The summed E-state index contributed by atoms with van der Waals surface area (Å²) in [5.41, 5.74) is 8.44. The molecule has 0 radical (unpaired) electrons. The van der Waals surface area contributed by atoms with Gasteiger partial charge in [0.2, 0.25) is 11.8 Å². The van der Waals surface area contributed by atoms with Crippen molar-refractivity contribution in [3.63, 3.8) is 0 Å². The van der Waals surface area contributed by atoms with Crippen LogP contribution in [-0.2, 0) is 16.0 Å². The van der Waals surface area contributed by atoms with Gasteiger partial charge in [-0.1, -0.05) is 36.4 Å². The molecule has 1 atom stereocenters. The highest BCUT2D eigenvalue weighted by molar-refractivity contribution is 6.02. The number of benzene rings is 3. The van der Waals surface area contributed by atoms with Gasteiger partial charge in [-0.15, -0.1) is 0 Å². The summed E-state index contributed by atoms with van der Waals surface area (Å²) >= 11 is 0. The topological polar surface area (TPSA) is 117 Å². The Morgan fingerprint density at radius 3 is 2.65 bits per heavy atom. The summed E-state index contributed by atoms with van der Waals surface area (Å²) in [5.74, 6) is -2.72. The Morgan fingerprint density at radius 2 is 1.85 bits per heavy atom. The number of nitrogens with zero attached hydrogens (tertiary/aromatic N) is 2. The normalized spacial score (nSPS) is 13.2. The van der Waals surface area contributed by atoms with Crippen LogP contribution >= 0.6 is 0 Å². The molecule has 5 rings (SSSR count). The molecule has 0 saturated heterocycles. The smallest absolute Gasteiger partial charge is 0.251 e. The number of anilines is 2. The summed E-state index contributed by atoms with van der Waals surface area (Å²) in [6, 6.07) is 19.8. The van der Waals surface area contributed by atoms with Crippen LogP contribution in [0, 0.1) is 11.6 Å². The molecule has 4 aromatic rings. The molecule has 0 saturated carbocycles. The first kappa shape index (κ1) is 26.5. The average Bonchev–Trinajstić information content (AvgIpc) is 2.93. The van der Waals surface area contributed by atoms with Crippen molar-refractivity contribution in [2.75, 3.05) is 23.3 Å². The van der Waals surface area contributed by atoms with Crippen LogP contribution in [0.15, 0.2) is 85.1 Å². The van der Waals surface area contributed by atoms with Crippen LogP contribution in [0.4, 0.5) is 20.2 Å². The van der Waals surface area contributed by atoms with E-state index in [1.165, 1.54) is 24.3 Å². The molecule has 10 heteroatoms. The zero-order valence-electron chi connectivity index (χ0n) is 21.2. The van der Waals surface area contributed by atoms with E-state index in [9.17, 15) is 23.2 Å². The molecule has 0 spiro atoms. The van der Waals surface area contributed by atoms with Crippen molar-refractivity contribution in [2.45, 2.75) is 12.5 Å². The number of rotatable bonds is 8. The number of carbonyl (C=O) groups excluding carboxylic acids is 3. The second-order valence-electron chi connectivity index (χ2n) is 9.37. The van der Waals surface area contributed by atoms with Crippen molar-refractivity contribution >= 4 is 29.1 Å². The maximum atomic E-state index is 14.2. The maximum absolute atomic E-state index is 14.2. The lowest BCUT2D eigenvalue weighted by molar-refractivity contribution is -0.120. The van der Waals surface area contributed by atoms with E-state index in [1.807, 2.05) is 12.1 Å². The van der Waals surface area contributed by atoms with Crippen molar-refractivity contribution in [1.82, 2.24) is 10.3 Å². The van der Waals surface area contributed by atoms with E-state index in [2.05, 4.69) is 15.6 Å². The molecule has 2 heterocycles. The molecule has 1 aromatic heterocycles. The molecular weight excluding hydrogens is 516 g/mol. The number of amides is 3. The van der Waals surface area contributed by atoms with E-state index in [0.29, 0.717) is 33.8 Å². The van der Waals surface area contributed by atoms with Crippen LogP contribution in [-0.4, -0.2) is 35.8 Å². The fraction of sp³-hybridized carbons (Fsp3) is 0.133. The zero-order chi connectivity index (χ0) is 28.2. The van der Waals surface area contributed by atoms with E-state index in [4.69, 9.17) is 5.73 Å². The van der Waals surface area contributed by atoms with Crippen LogP contribution in [0.25, 0.3) is 11.1 Å². The van der Waals surface area contributed by atoms with Gasteiger partial charge in [0.05, 0.1) is 41.8 Å². The van der Waals surface area contributed by atoms with Gasteiger partial charge in [0.15, 0.2) is 0 Å². The minimum Gasteiger partial charge on any atom is -0.366 e. The highest BCUT2D eigenvalue weighted by atomic mass is 19.1. The van der Waals surface area contributed by atoms with Gasteiger partial charge in [-0.3, -0.25) is 19.4 Å². The molecule has 40 heavy (non-hydrogen) atoms. The first-order valence-corrected chi connectivity index (χ1v) is 12.5. The van der Waals surface area contributed by atoms with Crippen LogP contribution in [0.3, 0.4) is 0 Å². The van der Waals surface area contributed by atoms with E-state index in [-0.39, 0.29) is 36.9 Å². The quantitative estimate of drug-likeness (QED) is 0.312. The van der Waals surface area contributed by atoms with Crippen molar-refractivity contribution in [2.24, 2.45) is 5.73 Å². The standard InChI is InChI=1S/C30H25F2N5O3/c31-20-6-3-5-18(13-20)14-25(36-28(39)17-37-16-27(38)35-24-8-1-2-9-26(24)37)29-21(7-4-12-34-29)19-10-11-23(32)22(15-19)30(33)40/h1-13,15,25H,14,16-17H2,(H2,33,40)(H,35,38)(H,36,39)/t25-/m0/s1. The highest BCUT2D eigenvalue weighted by Crippen LogP contribution is 2.31. The van der Waals surface area contributed by atoms with Gasteiger partial charge in [0.25, 0.3) is 5.91 Å². The number of hydrogen-bond acceptors (Lipinski definition) is 5. The lowest BCUT2D eigenvalue weighted by Gasteiger charge is -2.31. The maximum Gasteiger partial charge on any atom is 0.251 e. The third-order valence-electron chi connectivity index (χ3n) is 6.56. The molecule has 8 nitrogen and oxygen atoms in total. The van der Waals surface area contributed by atoms with E-state index < -0.39 is 23.6 Å². The van der Waals surface area contributed by atoms with Crippen LogP contribution < -0.4 is 21.3 Å². The van der Waals surface area contributed by atoms with Crippen LogP contribution in [0.2, 0.25) is 0 Å². The number of primary amides is 1. The number of nitrogens with one attached hydrogen (secondary N) is 2. The Labute approximate surface area is 228 Å². The van der Waals surface area contributed by atoms with Crippen molar-refractivity contribution in [3.8, 4) is 11.1 Å². The van der Waals surface area contributed by atoms with Crippen molar-refractivity contribution < 1.29 is 23.2 Å². The second-order valence-corrected chi connectivity index (χ2v) is 9.37. The molecular formula is C30H25F2N5O3. The predicted octanol–water partition coefficient (Wildman–Crippen LogP) is 3.98. The Balaban J connectivity index is 1.49. The Kier molecular flexibility index (Phi) is 7.50. The number of halogens is 2. The summed E-state index contributed by atoms with van der Waals surface area (Å²) in [5, 5.41) is 5.78. The molecule has 3 amide bonds. The lowest BCUT2D eigenvalue weighted by atomic mass is 9.94. The third-order valence-corrected chi connectivity index (χ3v) is 6.56. The molecule has 0 bridgehead atoms. The first-order chi connectivity index (χ1) is 19.3. The van der Waals surface area contributed by atoms with Crippen LogP contribution in [0.1, 0.15) is 27.7 Å². The van der Waals surface area contributed by atoms with Crippen LogP contribution in [0.5, 0.6) is 0 Å². The summed E-state index contributed by atoms with van der Waals surface area (Å²) in [6.07, 6.45) is 1.74. The summed E-state index contributed by atoms with van der Waals surface area (Å²) < 4.78 is 28.3. The third kappa shape index (κ3) is 5.80. The number of fused-ring (bicyclic) bond motifs is 1. The Hall–Kier alpha value is -5.12. The molecule has 3 aromatic carbocycles. The van der Waals surface area contributed by atoms with E-state index >= 15 is 0 Å². The van der Waals surface area contributed by atoms with Gasteiger partial charge in [-0.05, 0) is 60.0 Å². The average molecular weight is 542 g/mol. The zero-order valence-corrected chi connectivity index (χ0v) is 21.2. The minimum absolute atomic E-state index is 0.000687. The number of carbonyl (C=O) groups is 3. The predicted molar refractivity (Wildman–Crippen MR) is 146 cm³/mol. The molecule has 1 aliphatic rings. The molecule has 0 unspecified atom stereocenters. The number of para-hydroxylation sites is 2. The number of aromatic nitrogens is 1. The number of pyridine rings is 1. The molecule has 0 aliphatic carbocycles. The van der Waals surface area contributed by atoms with Gasteiger partial charge in [0.1, 0.15) is 11.6 Å². The molecule has 1 aliphatic heterocycles. The van der Waals surface area contributed by atoms with Gasteiger partial charge >= 0.3 is 0 Å².